The first-order valence-electron chi connectivity index (χ1n) is 6.55. The van der Waals surface area contributed by atoms with Gasteiger partial charge in [0.2, 0.25) is 0 Å². The Labute approximate surface area is 138 Å². The van der Waals surface area contributed by atoms with E-state index < -0.39 is 29.4 Å². The zero-order valence-corrected chi connectivity index (χ0v) is 14.1. The first-order valence-corrected chi connectivity index (χ1v) is 7.34. The summed E-state index contributed by atoms with van der Waals surface area (Å²) in [6.45, 7) is 4.99. The maximum Gasteiger partial charge on any atom is 0.418 e. The zero-order chi connectivity index (χ0) is 17.6. The molecule has 23 heavy (non-hydrogen) atoms. The van der Waals surface area contributed by atoms with E-state index in [-0.39, 0.29) is 11.3 Å². The van der Waals surface area contributed by atoms with Crippen LogP contribution in [0.1, 0.15) is 42.9 Å². The number of carbonyl (C=O) groups is 1. The standard InChI is InChI=1S/C14H14BrF3N2O3/c1-13(2,3)23-12(22)9-6-20-5-7(15)4-8(11(20)19-9)10(21)14(16,17)18/h4-6,10,21H,1-3H3/t10-/m0/s1. The molecule has 0 fully saturated rings. The van der Waals surface area contributed by atoms with Crippen molar-refractivity contribution >= 4 is 27.5 Å². The fourth-order valence-corrected chi connectivity index (χ4v) is 2.36. The number of alkyl halides is 3. The molecular weight excluding hydrogens is 381 g/mol. The van der Waals surface area contributed by atoms with Crippen molar-refractivity contribution in [1.82, 2.24) is 9.38 Å². The number of fused-ring (bicyclic) bond motifs is 1. The van der Waals surface area contributed by atoms with Crippen LogP contribution in [0.3, 0.4) is 0 Å². The third kappa shape index (κ3) is 4.03. The number of hydrogen-bond donors (Lipinski definition) is 1. The Hall–Kier alpha value is -1.61. The van der Waals surface area contributed by atoms with Crippen molar-refractivity contribution < 1.29 is 27.8 Å². The van der Waals surface area contributed by atoms with Gasteiger partial charge in [0.1, 0.15) is 11.2 Å². The van der Waals surface area contributed by atoms with E-state index in [0.717, 1.165) is 6.07 Å². The van der Waals surface area contributed by atoms with Crippen molar-refractivity contribution in [3.63, 3.8) is 0 Å². The minimum absolute atomic E-state index is 0.145. The number of imidazole rings is 1. The number of pyridine rings is 1. The van der Waals surface area contributed by atoms with E-state index >= 15 is 0 Å². The van der Waals surface area contributed by atoms with Crippen LogP contribution in [0.25, 0.3) is 5.65 Å². The van der Waals surface area contributed by atoms with Crippen LogP contribution >= 0.6 is 15.9 Å². The van der Waals surface area contributed by atoms with Crippen molar-refractivity contribution in [3.8, 4) is 0 Å². The Bertz CT molecular complexity index is 750. The molecule has 126 valence electrons. The maximum atomic E-state index is 12.8. The molecule has 2 rings (SSSR count). The van der Waals surface area contributed by atoms with Gasteiger partial charge in [0.15, 0.2) is 11.8 Å². The molecule has 0 aliphatic carbocycles. The number of rotatable bonds is 2. The highest BCUT2D eigenvalue weighted by Gasteiger charge is 2.41. The molecular formula is C14H14BrF3N2O3. The SMILES string of the molecule is CC(C)(C)OC(=O)c1cn2cc(Br)cc([C@H](O)C(F)(F)F)c2n1. The number of hydrogen-bond acceptors (Lipinski definition) is 4. The second-order valence-corrected chi connectivity index (χ2v) is 6.83. The average molecular weight is 395 g/mol. The summed E-state index contributed by atoms with van der Waals surface area (Å²) in [6, 6.07) is 1.11. The summed E-state index contributed by atoms with van der Waals surface area (Å²) in [4.78, 5) is 15.9. The molecule has 0 saturated carbocycles. The van der Waals surface area contributed by atoms with Gasteiger partial charge in [-0.1, -0.05) is 0 Å². The first kappa shape index (κ1) is 17.7. The third-order valence-corrected chi connectivity index (χ3v) is 3.19. The Morgan fingerprint density at radius 3 is 2.48 bits per heavy atom. The summed E-state index contributed by atoms with van der Waals surface area (Å²) in [5.41, 5.74) is -1.53. The van der Waals surface area contributed by atoms with Crippen molar-refractivity contribution in [3.05, 3.63) is 34.2 Å². The fourth-order valence-electron chi connectivity index (χ4n) is 1.90. The topological polar surface area (TPSA) is 63.8 Å². The lowest BCUT2D eigenvalue weighted by Gasteiger charge is -2.18. The molecule has 0 saturated heterocycles. The van der Waals surface area contributed by atoms with Gasteiger partial charge in [-0.3, -0.25) is 0 Å². The van der Waals surface area contributed by atoms with Crippen molar-refractivity contribution in [1.29, 1.82) is 0 Å². The maximum absolute atomic E-state index is 12.8. The van der Waals surface area contributed by atoms with Gasteiger partial charge in [0.05, 0.1) is 0 Å². The average Bonchev–Trinajstić information content (AvgIpc) is 2.77. The molecule has 5 nitrogen and oxygen atoms in total. The van der Waals surface area contributed by atoms with Crippen LogP contribution in [-0.2, 0) is 4.74 Å². The van der Waals surface area contributed by atoms with Crippen molar-refractivity contribution in [2.75, 3.05) is 0 Å². The molecule has 2 aromatic heterocycles. The van der Waals surface area contributed by atoms with E-state index in [4.69, 9.17) is 4.74 Å². The minimum Gasteiger partial charge on any atom is -0.455 e. The normalized spacial score (nSPS) is 14.1. The van der Waals surface area contributed by atoms with Gasteiger partial charge < -0.3 is 14.2 Å². The molecule has 0 amide bonds. The van der Waals surface area contributed by atoms with E-state index in [1.54, 1.807) is 20.8 Å². The number of esters is 1. The Kier molecular flexibility index (Phi) is 4.46. The number of carbonyl (C=O) groups excluding carboxylic acids is 1. The van der Waals surface area contributed by atoms with Crippen LogP contribution in [-0.4, -0.2) is 32.2 Å². The molecule has 0 spiro atoms. The van der Waals surface area contributed by atoms with E-state index in [2.05, 4.69) is 20.9 Å². The molecule has 0 aliphatic rings. The smallest absolute Gasteiger partial charge is 0.418 e. The zero-order valence-electron chi connectivity index (χ0n) is 12.5. The molecule has 0 unspecified atom stereocenters. The largest absolute Gasteiger partial charge is 0.455 e. The number of nitrogens with zero attached hydrogens (tertiary/aromatic N) is 2. The third-order valence-electron chi connectivity index (χ3n) is 2.76. The fraction of sp³-hybridized carbons (Fsp3) is 0.429. The number of ether oxygens (including phenoxy) is 1. The first-order chi connectivity index (χ1) is 10.4. The molecule has 0 bridgehead atoms. The summed E-state index contributed by atoms with van der Waals surface area (Å²) < 4.78 is 45.0. The summed E-state index contributed by atoms with van der Waals surface area (Å²) in [6.07, 6.45) is -4.88. The van der Waals surface area contributed by atoms with Crippen LogP contribution in [0.5, 0.6) is 0 Å². The predicted molar refractivity (Wildman–Crippen MR) is 79.1 cm³/mol. The minimum atomic E-state index is -4.85. The van der Waals surface area contributed by atoms with Gasteiger partial charge in [0, 0.05) is 22.4 Å². The lowest BCUT2D eigenvalue weighted by Crippen LogP contribution is -2.24. The van der Waals surface area contributed by atoms with E-state index in [9.17, 15) is 23.1 Å². The Balaban J connectivity index is 2.53. The molecule has 0 radical (unpaired) electrons. The summed E-state index contributed by atoms with van der Waals surface area (Å²) in [5, 5.41) is 9.50. The Morgan fingerprint density at radius 1 is 1.35 bits per heavy atom. The highest BCUT2D eigenvalue weighted by Crippen LogP contribution is 2.35. The summed E-state index contributed by atoms with van der Waals surface area (Å²) in [5.74, 6) is -0.759. The van der Waals surface area contributed by atoms with Gasteiger partial charge in [-0.15, -0.1) is 0 Å². The molecule has 0 aliphatic heterocycles. The number of aromatic nitrogens is 2. The van der Waals surface area contributed by atoms with Gasteiger partial charge in [-0.2, -0.15) is 13.2 Å². The van der Waals surface area contributed by atoms with Gasteiger partial charge in [-0.05, 0) is 42.8 Å². The van der Waals surface area contributed by atoms with E-state index in [1.165, 1.54) is 16.8 Å². The lowest BCUT2D eigenvalue weighted by molar-refractivity contribution is -0.206. The summed E-state index contributed by atoms with van der Waals surface area (Å²) >= 11 is 3.07. The van der Waals surface area contributed by atoms with Crippen molar-refractivity contribution in [2.24, 2.45) is 0 Å². The predicted octanol–water partition coefficient (Wildman–Crippen LogP) is 3.65. The molecule has 9 heteroatoms. The van der Waals surface area contributed by atoms with Gasteiger partial charge >= 0.3 is 12.1 Å². The Morgan fingerprint density at radius 2 is 1.96 bits per heavy atom. The van der Waals surface area contributed by atoms with Crippen molar-refractivity contribution in [2.45, 2.75) is 38.7 Å². The number of halogens is 4. The van der Waals surface area contributed by atoms with Crippen LogP contribution in [0.2, 0.25) is 0 Å². The molecule has 1 atom stereocenters. The quantitative estimate of drug-likeness (QED) is 0.789. The number of aliphatic hydroxyl groups is 1. The van der Waals surface area contributed by atoms with Crippen LogP contribution in [0, 0.1) is 0 Å². The van der Waals surface area contributed by atoms with Crippen LogP contribution in [0.4, 0.5) is 13.2 Å². The summed E-state index contributed by atoms with van der Waals surface area (Å²) in [7, 11) is 0. The molecule has 1 N–H and O–H groups in total. The van der Waals surface area contributed by atoms with E-state index in [1.807, 2.05) is 0 Å². The lowest BCUT2D eigenvalue weighted by atomic mass is 10.1. The van der Waals surface area contributed by atoms with Crippen LogP contribution < -0.4 is 0 Å². The van der Waals surface area contributed by atoms with E-state index in [0.29, 0.717) is 4.47 Å². The second-order valence-electron chi connectivity index (χ2n) is 5.92. The van der Waals surface area contributed by atoms with Gasteiger partial charge in [0.25, 0.3) is 0 Å². The number of aliphatic hydroxyl groups excluding tert-OH is 1. The molecule has 0 aromatic carbocycles. The second kappa shape index (κ2) is 5.79. The molecule has 2 aromatic rings. The van der Waals surface area contributed by atoms with Gasteiger partial charge in [-0.25, -0.2) is 9.78 Å². The van der Waals surface area contributed by atoms with Crippen LogP contribution in [0.15, 0.2) is 22.9 Å². The monoisotopic (exact) mass is 394 g/mol. The highest BCUT2D eigenvalue weighted by atomic mass is 79.9. The molecule has 2 heterocycles. The highest BCUT2D eigenvalue weighted by molar-refractivity contribution is 9.10.